The molecule has 1 saturated heterocycles. The van der Waals surface area contributed by atoms with Gasteiger partial charge in [0.2, 0.25) is 5.91 Å². The molecule has 0 atom stereocenters. The van der Waals surface area contributed by atoms with Crippen molar-refractivity contribution in [3.8, 4) is 11.5 Å². The third kappa shape index (κ3) is 4.14. The fraction of sp³-hybridized carbons (Fsp3) is 0.300. The Kier molecular flexibility index (Phi) is 5.41. The molecule has 6 nitrogen and oxygen atoms in total. The van der Waals surface area contributed by atoms with Crippen LogP contribution in [0.5, 0.6) is 11.5 Å². The summed E-state index contributed by atoms with van der Waals surface area (Å²) in [6, 6.07) is 12.5. The maximum Gasteiger partial charge on any atom is 0.255 e. The number of carbonyl (C=O) groups excluding carboxylic acids is 2. The normalized spacial score (nSPS) is 13.6. The number of hydrogen-bond acceptors (Lipinski definition) is 4. The minimum Gasteiger partial charge on any atom is -0.497 e. The minimum absolute atomic E-state index is 0.170. The second kappa shape index (κ2) is 7.91. The fourth-order valence-electron chi connectivity index (χ4n) is 2.99. The highest BCUT2D eigenvalue weighted by molar-refractivity contribution is 6.04. The second-order valence-corrected chi connectivity index (χ2v) is 6.17. The van der Waals surface area contributed by atoms with E-state index in [2.05, 4.69) is 5.32 Å². The Bertz CT molecular complexity index is 797. The molecule has 1 aliphatic heterocycles. The minimum atomic E-state index is -0.227. The van der Waals surface area contributed by atoms with Crippen LogP contribution >= 0.6 is 0 Å². The highest BCUT2D eigenvalue weighted by Gasteiger charge is 2.20. The van der Waals surface area contributed by atoms with Crippen LogP contribution in [0.1, 0.15) is 28.8 Å². The van der Waals surface area contributed by atoms with E-state index < -0.39 is 0 Å². The van der Waals surface area contributed by atoms with Crippen molar-refractivity contribution in [1.82, 2.24) is 4.90 Å². The van der Waals surface area contributed by atoms with Gasteiger partial charge in [0, 0.05) is 49.0 Å². The average Bonchev–Trinajstić information content (AvgIpc) is 3.06. The molecule has 2 aromatic rings. The van der Waals surface area contributed by atoms with E-state index in [4.69, 9.17) is 9.47 Å². The van der Waals surface area contributed by atoms with E-state index in [1.165, 1.54) is 0 Å². The average molecular weight is 354 g/mol. The number of methoxy groups -OCH3 is 2. The van der Waals surface area contributed by atoms with Crippen LogP contribution in [0.4, 0.5) is 5.69 Å². The number of nitrogens with one attached hydrogen (secondary N) is 1. The van der Waals surface area contributed by atoms with Crippen LogP contribution in [0.25, 0.3) is 0 Å². The number of nitrogens with zero attached hydrogens (tertiary/aromatic N) is 1. The van der Waals surface area contributed by atoms with Crippen LogP contribution in [0.2, 0.25) is 0 Å². The maximum atomic E-state index is 12.6. The van der Waals surface area contributed by atoms with E-state index in [0.717, 1.165) is 18.5 Å². The third-order valence-corrected chi connectivity index (χ3v) is 4.34. The number of hydrogen-bond donors (Lipinski definition) is 1. The number of anilines is 1. The lowest BCUT2D eigenvalue weighted by atomic mass is 10.1. The van der Waals surface area contributed by atoms with E-state index in [1.807, 2.05) is 23.1 Å². The van der Waals surface area contributed by atoms with Crippen molar-refractivity contribution in [3.05, 3.63) is 53.6 Å². The zero-order valence-corrected chi connectivity index (χ0v) is 15.0. The van der Waals surface area contributed by atoms with Gasteiger partial charge in [0.15, 0.2) is 0 Å². The zero-order valence-electron chi connectivity index (χ0n) is 15.0. The van der Waals surface area contributed by atoms with Crippen LogP contribution in [0, 0.1) is 0 Å². The van der Waals surface area contributed by atoms with Crippen molar-refractivity contribution in [3.63, 3.8) is 0 Å². The van der Waals surface area contributed by atoms with Gasteiger partial charge in [-0.25, -0.2) is 0 Å². The Labute approximate surface area is 152 Å². The van der Waals surface area contributed by atoms with Gasteiger partial charge >= 0.3 is 0 Å². The van der Waals surface area contributed by atoms with E-state index in [9.17, 15) is 9.59 Å². The SMILES string of the molecule is COc1cc(NC(=O)c2cccc(CN3CCCC3=O)c2)cc(OC)c1. The van der Waals surface area contributed by atoms with Crippen LogP contribution in [0.3, 0.4) is 0 Å². The summed E-state index contributed by atoms with van der Waals surface area (Å²) in [6.07, 6.45) is 1.51. The molecule has 136 valence electrons. The monoisotopic (exact) mass is 354 g/mol. The topological polar surface area (TPSA) is 67.9 Å². The summed E-state index contributed by atoms with van der Waals surface area (Å²) < 4.78 is 10.4. The van der Waals surface area contributed by atoms with Crippen molar-refractivity contribution >= 4 is 17.5 Å². The number of carbonyl (C=O) groups is 2. The largest absolute Gasteiger partial charge is 0.497 e. The van der Waals surface area contributed by atoms with Crippen molar-refractivity contribution in [2.45, 2.75) is 19.4 Å². The van der Waals surface area contributed by atoms with Crippen LogP contribution in [-0.2, 0) is 11.3 Å². The van der Waals surface area contributed by atoms with Crippen LogP contribution in [-0.4, -0.2) is 37.5 Å². The molecule has 0 spiro atoms. The number of ether oxygens (including phenoxy) is 2. The highest BCUT2D eigenvalue weighted by Crippen LogP contribution is 2.26. The molecule has 0 unspecified atom stereocenters. The second-order valence-electron chi connectivity index (χ2n) is 6.17. The van der Waals surface area contributed by atoms with Crippen molar-refractivity contribution in [1.29, 1.82) is 0 Å². The van der Waals surface area contributed by atoms with Gasteiger partial charge in [0.25, 0.3) is 5.91 Å². The zero-order chi connectivity index (χ0) is 18.5. The molecule has 3 rings (SSSR count). The lowest BCUT2D eigenvalue weighted by Gasteiger charge is -2.16. The fourth-order valence-corrected chi connectivity index (χ4v) is 2.99. The summed E-state index contributed by atoms with van der Waals surface area (Å²) in [6.45, 7) is 1.31. The van der Waals surface area contributed by atoms with Crippen molar-refractivity contribution in [2.24, 2.45) is 0 Å². The lowest BCUT2D eigenvalue weighted by molar-refractivity contribution is -0.128. The molecule has 26 heavy (non-hydrogen) atoms. The standard InChI is InChI=1S/C20H22N2O4/c1-25-17-10-16(11-18(12-17)26-2)21-20(24)15-6-3-5-14(9-15)13-22-8-4-7-19(22)23/h3,5-6,9-12H,4,7-8,13H2,1-2H3,(H,21,24). The smallest absolute Gasteiger partial charge is 0.255 e. The Morgan fingerprint density at radius 1 is 1.12 bits per heavy atom. The van der Waals surface area contributed by atoms with E-state index in [1.54, 1.807) is 38.5 Å². The summed E-state index contributed by atoms with van der Waals surface area (Å²) in [5, 5.41) is 2.86. The maximum absolute atomic E-state index is 12.6. The molecule has 6 heteroatoms. The van der Waals surface area contributed by atoms with Gasteiger partial charge < -0.3 is 19.7 Å². The Morgan fingerprint density at radius 2 is 1.85 bits per heavy atom. The molecule has 2 amide bonds. The predicted molar refractivity (Wildman–Crippen MR) is 98.6 cm³/mol. The van der Waals surface area contributed by atoms with Crippen LogP contribution in [0.15, 0.2) is 42.5 Å². The van der Waals surface area contributed by atoms with Gasteiger partial charge in [-0.2, -0.15) is 0 Å². The first kappa shape index (κ1) is 17.8. The van der Waals surface area contributed by atoms with Gasteiger partial charge in [-0.3, -0.25) is 9.59 Å². The predicted octanol–water partition coefficient (Wildman–Crippen LogP) is 3.08. The summed E-state index contributed by atoms with van der Waals surface area (Å²) in [4.78, 5) is 26.2. The van der Waals surface area contributed by atoms with E-state index in [-0.39, 0.29) is 11.8 Å². The van der Waals surface area contributed by atoms with Crippen molar-refractivity contribution < 1.29 is 19.1 Å². The highest BCUT2D eigenvalue weighted by atomic mass is 16.5. The van der Waals surface area contributed by atoms with Gasteiger partial charge in [0.1, 0.15) is 11.5 Å². The molecule has 1 fully saturated rings. The summed E-state index contributed by atoms with van der Waals surface area (Å²) >= 11 is 0. The molecule has 1 aliphatic rings. The third-order valence-electron chi connectivity index (χ3n) is 4.34. The van der Waals surface area contributed by atoms with Gasteiger partial charge in [0.05, 0.1) is 14.2 Å². The molecule has 1 heterocycles. The van der Waals surface area contributed by atoms with E-state index in [0.29, 0.717) is 35.7 Å². The number of benzene rings is 2. The number of likely N-dealkylation sites (tertiary alicyclic amines) is 1. The number of rotatable bonds is 6. The summed E-state index contributed by atoms with van der Waals surface area (Å²) in [5.74, 6) is 1.14. The first-order valence-corrected chi connectivity index (χ1v) is 8.50. The van der Waals surface area contributed by atoms with Crippen molar-refractivity contribution in [2.75, 3.05) is 26.1 Å². The Hall–Kier alpha value is -3.02. The first-order valence-electron chi connectivity index (χ1n) is 8.50. The summed E-state index contributed by atoms with van der Waals surface area (Å²) in [5.41, 5.74) is 2.07. The molecule has 2 aromatic carbocycles. The summed E-state index contributed by atoms with van der Waals surface area (Å²) in [7, 11) is 3.12. The van der Waals surface area contributed by atoms with Crippen LogP contribution < -0.4 is 14.8 Å². The van der Waals surface area contributed by atoms with Gasteiger partial charge in [-0.15, -0.1) is 0 Å². The first-order chi connectivity index (χ1) is 12.6. The van der Waals surface area contributed by atoms with Gasteiger partial charge in [-0.05, 0) is 24.1 Å². The van der Waals surface area contributed by atoms with Gasteiger partial charge in [-0.1, -0.05) is 12.1 Å². The molecular formula is C20H22N2O4. The Balaban J connectivity index is 1.74. The molecule has 0 radical (unpaired) electrons. The molecule has 0 bridgehead atoms. The molecular weight excluding hydrogens is 332 g/mol. The Morgan fingerprint density at radius 3 is 2.46 bits per heavy atom. The lowest BCUT2D eigenvalue weighted by Crippen LogP contribution is -2.24. The quantitative estimate of drug-likeness (QED) is 0.866. The van der Waals surface area contributed by atoms with E-state index >= 15 is 0 Å². The molecule has 0 saturated carbocycles. The molecule has 1 N–H and O–H groups in total. The molecule has 0 aromatic heterocycles. The molecule has 0 aliphatic carbocycles. The number of amides is 2.